The first kappa shape index (κ1) is 12.5. The topological polar surface area (TPSA) is 42.2 Å². The van der Waals surface area contributed by atoms with Gasteiger partial charge in [0.05, 0.1) is 6.61 Å². The molecule has 0 unspecified atom stereocenters. The standard InChI is InChI=1S/C14H16N2O2/c1-18-9-7-15-14(17)11-16-8-6-12-4-2-3-5-13(12)10-16/h2-6,8,10H,7,9,11H2,1H3/p+1. The molecule has 1 aromatic carbocycles. The SMILES string of the molecule is COCCNC(=O)C[n+]1ccc2ccccc2c1. The zero-order chi connectivity index (χ0) is 12.8. The molecule has 0 aliphatic rings. The highest BCUT2D eigenvalue weighted by molar-refractivity contribution is 5.80. The van der Waals surface area contributed by atoms with E-state index in [1.165, 1.54) is 5.39 Å². The molecule has 0 saturated carbocycles. The minimum atomic E-state index is -0.00710. The van der Waals surface area contributed by atoms with Crippen molar-refractivity contribution < 1.29 is 14.1 Å². The third-order valence-corrected chi connectivity index (χ3v) is 2.70. The number of hydrogen-bond acceptors (Lipinski definition) is 2. The van der Waals surface area contributed by atoms with Gasteiger partial charge in [0, 0.05) is 25.1 Å². The largest absolute Gasteiger partial charge is 0.383 e. The summed E-state index contributed by atoms with van der Waals surface area (Å²) < 4.78 is 6.76. The number of pyridine rings is 1. The summed E-state index contributed by atoms with van der Waals surface area (Å²) in [6, 6.07) is 10.1. The summed E-state index contributed by atoms with van der Waals surface area (Å²) in [5.74, 6) is -0.00710. The van der Waals surface area contributed by atoms with E-state index in [0.717, 1.165) is 5.39 Å². The van der Waals surface area contributed by atoms with E-state index in [4.69, 9.17) is 4.74 Å². The molecule has 18 heavy (non-hydrogen) atoms. The Morgan fingerprint density at radius 1 is 1.28 bits per heavy atom. The molecule has 1 heterocycles. The molecule has 0 fully saturated rings. The van der Waals surface area contributed by atoms with Crippen LogP contribution >= 0.6 is 0 Å². The summed E-state index contributed by atoms with van der Waals surface area (Å²) in [6.45, 7) is 1.41. The molecule has 1 amide bonds. The van der Waals surface area contributed by atoms with E-state index in [1.807, 2.05) is 41.2 Å². The van der Waals surface area contributed by atoms with Crippen LogP contribution in [-0.4, -0.2) is 26.2 Å². The molecule has 0 atom stereocenters. The van der Waals surface area contributed by atoms with Gasteiger partial charge in [-0.05, 0) is 11.5 Å². The highest BCUT2D eigenvalue weighted by atomic mass is 16.5. The molecule has 1 aromatic heterocycles. The first-order valence-corrected chi connectivity index (χ1v) is 5.93. The van der Waals surface area contributed by atoms with Gasteiger partial charge >= 0.3 is 0 Å². The average Bonchev–Trinajstić information content (AvgIpc) is 2.39. The normalized spacial score (nSPS) is 10.5. The fraction of sp³-hybridized carbons (Fsp3) is 0.286. The fourth-order valence-electron chi connectivity index (χ4n) is 1.79. The summed E-state index contributed by atoms with van der Waals surface area (Å²) in [5, 5.41) is 5.10. The van der Waals surface area contributed by atoms with Gasteiger partial charge in [0.15, 0.2) is 12.4 Å². The van der Waals surface area contributed by atoms with Crippen molar-refractivity contribution in [3.63, 3.8) is 0 Å². The first-order chi connectivity index (χ1) is 8.79. The number of aromatic nitrogens is 1. The smallest absolute Gasteiger partial charge is 0.286 e. The van der Waals surface area contributed by atoms with E-state index in [0.29, 0.717) is 19.7 Å². The molecule has 2 aromatic rings. The van der Waals surface area contributed by atoms with Gasteiger partial charge in [0.2, 0.25) is 6.54 Å². The summed E-state index contributed by atoms with van der Waals surface area (Å²) in [7, 11) is 1.62. The number of fused-ring (bicyclic) bond motifs is 1. The van der Waals surface area contributed by atoms with Gasteiger partial charge in [-0.15, -0.1) is 0 Å². The highest BCUT2D eigenvalue weighted by Crippen LogP contribution is 2.09. The van der Waals surface area contributed by atoms with Crippen molar-refractivity contribution in [3.8, 4) is 0 Å². The van der Waals surface area contributed by atoms with Crippen LogP contribution in [0.4, 0.5) is 0 Å². The van der Waals surface area contributed by atoms with Gasteiger partial charge in [-0.1, -0.05) is 18.2 Å². The molecule has 94 valence electrons. The maximum atomic E-state index is 11.6. The van der Waals surface area contributed by atoms with Crippen LogP contribution in [0.3, 0.4) is 0 Å². The van der Waals surface area contributed by atoms with Crippen molar-refractivity contribution in [1.82, 2.24) is 5.32 Å². The minimum absolute atomic E-state index is 0.00710. The summed E-state index contributed by atoms with van der Waals surface area (Å²) in [4.78, 5) is 11.6. The fourth-order valence-corrected chi connectivity index (χ4v) is 1.79. The van der Waals surface area contributed by atoms with E-state index < -0.39 is 0 Å². The zero-order valence-electron chi connectivity index (χ0n) is 10.4. The number of ether oxygens (including phenoxy) is 1. The highest BCUT2D eigenvalue weighted by Gasteiger charge is 2.09. The predicted octanol–water partition coefficient (Wildman–Crippen LogP) is 0.890. The summed E-state index contributed by atoms with van der Waals surface area (Å²) in [5.41, 5.74) is 0. The molecule has 0 saturated heterocycles. The lowest BCUT2D eigenvalue weighted by Gasteiger charge is -2.02. The Balaban J connectivity index is 2.01. The molecular weight excluding hydrogens is 228 g/mol. The number of nitrogens with zero attached hydrogens (tertiary/aromatic N) is 1. The number of carbonyl (C=O) groups excluding carboxylic acids is 1. The Morgan fingerprint density at radius 2 is 2.06 bits per heavy atom. The molecular formula is C14H17N2O2+. The van der Waals surface area contributed by atoms with Crippen molar-refractivity contribution in [2.45, 2.75) is 6.54 Å². The van der Waals surface area contributed by atoms with Gasteiger partial charge in [0.25, 0.3) is 5.91 Å². The molecule has 1 N–H and O–H groups in total. The van der Waals surface area contributed by atoms with Crippen molar-refractivity contribution in [1.29, 1.82) is 0 Å². The Kier molecular flexibility index (Phi) is 4.25. The third kappa shape index (κ3) is 3.28. The van der Waals surface area contributed by atoms with Crippen LogP contribution < -0.4 is 9.88 Å². The van der Waals surface area contributed by atoms with Crippen LogP contribution in [0.2, 0.25) is 0 Å². The Morgan fingerprint density at radius 3 is 2.83 bits per heavy atom. The molecule has 0 aliphatic heterocycles. The monoisotopic (exact) mass is 245 g/mol. The maximum Gasteiger partial charge on any atom is 0.286 e. The minimum Gasteiger partial charge on any atom is -0.383 e. The zero-order valence-corrected chi connectivity index (χ0v) is 10.4. The summed E-state index contributed by atoms with van der Waals surface area (Å²) >= 11 is 0. The Labute approximate surface area is 106 Å². The van der Waals surface area contributed by atoms with Crippen LogP contribution in [0.5, 0.6) is 0 Å². The van der Waals surface area contributed by atoms with Gasteiger partial charge < -0.3 is 10.1 Å². The van der Waals surface area contributed by atoms with Crippen LogP contribution in [-0.2, 0) is 16.1 Å². The van der Waals surface area contributed by atoms with E-state index >= 15 is 0 Å². The van der Waals surface area contributed by atoms with Crippen LogP contribution in [0.25, 0.3) is 10.8 Å². The van der Waals surface area contributed by atoms with E-state index in [2.05, 4.69) is 11.4 Å². The van der Waals surface area contributed by atoms with E-state index in [-0.39, 0.29) is 5.91 Å². The second-order valence-electron chi connectivity index (χ2n) is 4.09. The second-order valence-corrected chi connectivity index (χ2v) is 4.09. The number of amides is 1. The van der Waals surface area contributed by atoms with Crippen molar-refractivity contribution in [2.24, 2.45) is 0 Å². The summed E-state index contributed by atoms with van der Waals surface area (Å²) in [6.07, 6.45) is 3.89. The lowest BCUT2D eigenvalue weighted by molar-refractivity contribution is -0.683. The molecule has 4 nitrogen and oxygen atoms in total. The number of nitrogens with one attached hydrogen (secondary N) is 1. The number of benzene rings is 1. The predicted molar refractivity (Wildman–Crippen MR) is 69.0 cm³/mol. The number of carbonyl (C=O) groups is 1. The Bertz CT molecular complexity index is 540. The van der Waals surface area contributed by atoms with Gasteiger partial charge in [-0.25, -0.2) is 0 Å². The van der Waals surface area contributed by atoms with Crippen molar-refractivity contribution in [3.05, 3.63) is 42.7 Å². The molecule has 4 heteroatoms. The van der Waals surface area contributed by atoms with E-state index in [9.17, 15) is 4.79 Å². The van der Waals surface area contributed by atoms with Crippen molar-refractivity contribution in [2.75, 3.05) is 20.3 Å². The van der Waals surface area contributed by atoms with Gasteiger partial charge in [-0.3, -0.25) is 4.79 Å². The van der Waals surface area contributed by atoms with Crippen LogP contribution in [0.1, 0.15) is 0 Å². The third-order valence-electron chi connectivity index (χ3n) is 2.70. The lowest BCUT2D eigenvalue weighted by atomic mass is 10.2. The van der Waals surface area contributed by atoms with Crippen LogP contribution in [0.15, 0.2) is 42.7 Å². The quantitative estimate of drug-likeness (QED) is 0.628. The molecule has 0 bridgehead atoms. The molecule has 0 radical (unpaired) electrons. The van der Waals surface area contributed by atoms with Gasteiger partial charge in [0.1, 0.15) is 0 Å². The number of methoxy groups -OCH3 is 1. The number of hydrogen-bond donors (Lipinski definition) is 1. The second kappa shape index (κ2) is 6.12. The average molecular weight is 245 g/mol. The molecule has 2 rings (SSSR count). The molecule has 0 aliphatic carbocycles. The first-order valence-electron chi connectivity index (χ1n) is 5.93. The van der Waals surface area contributed by atoms with Gasteiger partial charge in [-0.2, -0.15) is 4.57 Å². The maximum absolute atomic E-state index is 11.6. The Hall–Kier alpha value is -1.94. The number of rotatable bonds is 5. The van der Waals surface area contributed by atoms with E-state index in [1.54, 1.807) is 7.11 Å². The lowest BCUT2D eigenvalue weighted by Crippen LogP contribution is -2.43. The van der Waals surface area contributed by atoms with Crippen molar-refractivity contribution >= 4 is 16.7 Å². The van der Waals surface area contributed by atoms with Crippen LogP contribution in [0, 0.1) is 0 Å². The molecule has 0 spiro atoms.